The first-order chi connectivity index (χ1) is 40.7. The van der Waals surface area contributed by atoms with E-state index in [1.54, 1.807) is 61.2 Å². The van der Waals surface area contributed by atoms with Gasteiger partial charge in [0.2, 0.25) is 0 Å². The van der Waals surface area contributed by atoms with E-state index in [9.17, 15) is 0 Å². The molecule has 2 aliphatic carbocycles. The lowest BCUT2D eigenvalue weighted by atomic mass is 9.83. The van der Waals surface area contributed by atoms with Crippen molar-refractivity contribution in [1.82, 2.24) is 39.9 Å². The molecule has 83 heavy (non-hydrogen) atoms. The monoisotopic (exact) mass is 1080 g/mol. The highest BCUT2D eigenvalue weighted by Gasteiger charge is 2.50. The summed E-state index contributed by atoms with van der Waals surface area (Å²) in [6.45, 7) is 0. The number of halogens is 4. The number of para-hydroxylation sites is 4. The van der Waals surface area contributed by atoms with E-state index in [0.29, 0.717) is 78.3 Å². The molecule has 0 fully saturated rings. The molecule has 16 aromatic rings. The second kappa shape index (κ2) is 16.5. The number of benzene rings is 8. The minimum atomic E-state index is -3.64. The molecule has 0 atom stereocenters. The molecule has 18 rings (SSSR count). The van der Waals surface area contributed by atoms with Crippen LogP contribution in [0.5, 0.6) is 0 Å². The topological polar surface area (TPSA) is 115 Å². The van der Waals surface area contributed by atoms with Crippen LogP contribution in [-0.2, 0) is 18.3 Å². The highest BCUT2D eigenvalue weighted by molar-refractivity contribution is 6.15. The van der Waals surface area contributed by atoms with Gasteiger partial charge < -0.3 is 19.9 Å². The second-order valence-corrected chi connectivity index (χ2v) is 21.9. The maximum absolute atomic E-state index is 18.8. The molecule has 8 aromatic heterocycles. The van der Waals surface area contributed by atoms with Gasteiger partial charge in [0.05, 0.1) is 44.8 Å². The van der Waals surface area contributed by atoms with Gasteiger partial charge in [0.15, 0.2) is 0 Å². The summed E-state index contributed by atoms with van der Waals surface area (Å²) in [6, 6.07) is 56.7. The van der Waals surface area contributed by atoms with E-state index < -0.39 is 11.8 Å². The Morgan fingerprint density at radius 2 is 0.602 bits per heavy atom. The van der Waals surface area contributed by atoms with Crippen molar-refractivity contribution in [3.05, 3.63) is 240 Å². The maximum Gasteiger partial charge on any atom is 0.299 e. The van der Waals surface area contributed by atoms with Gasteiger partial charge in [-0.15, -0.1) is 0 Å². The van der Waals surface area contributed by atoms with Gasteiger partial charge in [-0.25, -0.2) is 0 Å². The summed E-state index contributed by atoms with van der Waals surface area (Å²) in [5.74, 6) is -7.28. The molecule has 392 valence electrons. The Morgan fingerprint density at radius 3 is 0.964 bits per heavy atom. The van der Waals surface area contributed by atoms with Crippen LogP contribution in [-0.4, -0.2) is 39.9 Å². The Morgan fingerprint density at radius 1 is 0.301 bits per heavy atom. The molecule has 8 nitrogen and oxygen atoms in total. The van der Waals surface area contributed by atoms with E-state index in [1.165, 1.54) is 0 Å². The molecular weight excluding hydrogens is 1040 g/mol. The maximum atomic E-state index is 18.8. The molecule has 4 N–H and O–H groups in total. The number of rotatable bonds is 6. The van der Waals surface area contributed by atoms with Gasteiger partial charge in [0, 0.05) is 134 Å². The molecule has 0 saturated carbocycles. The van der Waals surface area contributed by atoms with Crippen molar-refractivity contribution >= 4 is 87.2 Å². The number of nitrogens with zero attached hydrogens (tertiary/aromatic N) is 4. The third-order valence-corrected chi connectivity index (χ3v) is 17.7. The van der Waals surface area contributed by atoms with E-state index >= 15 is 17.6 Å². The number of H-pyrrole nitrogens is 4. The van der Waals surface area contributed by atoms with Crippen molar-refractivity contribution in [3.63, 3.8) is 0 Å². The third-order valence-electron chi connectivity index (χ3n) is 17.7. The summed E-state index contributed by atoms with van der Waals surface area (Å²) in [5.41, 5.74) is 10.6. The fourth-order valence-corrected chi connectivity index (χ4v) is 14.0. The first-order valence-corrected chi connectivity index (χ1v) is 27.5. The van der Waals surface area contributed by atoms with E-state index in [-0.39, 0.29) is 39.8 Å². The second-order valence-electron chi connectivity index (χ2n) is 21.9. The van der Waals surface area contributed by atoms with Crippen LogP contribution >= 0.6 is 0 Å². The molecule has 12 heteroatoms. The van der Waals surface area contributed by atoms with Gasteiger partial charge in [-0.2, -0.15) is 17.6 Å². The van der Waals surface area contributed by atoms with Crippen molar-refractivity contribution in [2.75, 3.05) is 0 Å². The van der Waals surface area contributed by atoms with Crippen molar-refractivity contribution < 1.29 is 17.6 Å². The molecule has 0 radical (unpaired) electrons. The molecule has 8 aromatic carbocycles. The Balaban J connectivity index is 0.888. The number of aromatic nitrogens is 8. The number of aromatic amines is 4. The number of pyridine rings is 4. The van der Waals surface area contributed by atoms with Crippen LogP contribution in [0, 0.1) is 0 Å². The SMILES string of the molecule is FC1(F)c2cc(-c3nccc4c3[nH]c3ccccc34)ccc2-c2ccc(-c3nccc4c3[nH]c3ccccc34)c(Cc3c(-c4nccc5c4[nH]c4ccccc45)ccc4c3C(F)(F)c3cc(-c5nccc6c5[nH]c5ccccc56)ccc3-4)c21. The van der Waals surface area contributed by atoms with Crippen molar-refractivity contribution in [2.24, 2.45) is 0 Å². The minimum Gasteiger partial charge on any atom is -0.353 e. The Labute approximate surface area is 468 Å². The zero-order chi connectivity index (χ0) is 55.0. The molecule has 0 aliphatic heterocycles. The fraction of sp³-hybridized carbons (Fsp3) is 0.0423. The normalized spacial score (nSPS) is 14.0. The number of fused-ring (bicyclic) bond motifs is 18. The lowest BCUT2D eigenvalue weighted by Gasteiger charge is -2.24. The van der Waals surface area contributed by atoms with Crippen LogP contribution in [0.1, 0.15) is 33.4 Å². The summed E-state index contributed by atoms with van der Waals surface area (Å²) < 4.78 is 75.2. The summed E-state index contributed by atoms with van der Waals surface area (Å²) in [5, 5.41) is 7.42. The number of nitrogens with one attached hydrogen (secondary N) is 4. The van der Waals surface area contributed by atoms with Crippen LogP contribution in [0.3, 0.4) is 0 Å². The van der Waals surface area contributed by atoms with Crippen molar-refractivity contribution in [3.8, 4) is 67.3 Å². The Bertz CT molecular complexity index is 5190. The molecule has 0 unspecified atom stereocenters. The molecule has 0 bridgehead atoms. The quantitative estimate of drug-likeness (QED) is 0.124. The van der Waals surface area contributed by atoms with Gasteiger partial charge in [0.1, 0.15) is 0 Å². The van der Waals surface area contributed by atoms with Crippen LogP contribution in [0.25, 0.3) is 155 Å². The molecular formula is C71H40F4N8. The van der Waals surface area contributed by atoms with Crippen molar-refractivity contribution in [2.45, 2.75) is 18.3 Å². The molecule has 2 aliphatic rings. The van der Waals surface area contributed by atoms with Crippen LogP contribution in [0.2, 0.25) is 0 Å². The zero-order valence-electron chi connectivity index (χ0n) is 43.6. The lowest BCUT2D eigenvalue weighted by Crippen LogP contribution is -2.18. The van der Waals surface area contributed by atoms with Crippen LogP contribution in [0.15, 0.2) is 207 Å². The molecule has 0 amide bonds. The van der Waals surface area contributed by atoms with Gasteiger partial charge >= 0.3 is 0 Å². The van der Waals surface area contributed by atoms with E-state index in [4.69, 9.17) is 19.9 Å². The zero-order valence-corrected chi connectivity index (χ0v) is 43.6. The average Bonchev–Trinajstić information content (AvgIpc) is 2.71. The highest BCUT2D eigenvalue weighted by atomic mass is 19.3. The summed E-state index contributed by atoms with van der Waals surface area (Å²) in [4.78, 5) is 33.7. The minimum absolute atomic E-state index is 0.167. The van der Waals surface area contributed by atoms with E-state index in [1.807, 2.05) is 146 Å². The first-order valence-electron chi connectivity index (χ1n) is 27.5. The summed E-state index contributed by atoms with van der Waals surface area (Å²) in [6.07, 6.45) is 6.43. The van der Waals surface area contributed by atoms with Crippen LogP contribution in [0.4, 0.5) is 17.6 Å². The van der Waals surface area contributed by atoms with E-state index in [2.05, 4.69) is 19.9 Å². The number of hydrogen-bond donors (Lipinski definition) is 4. The first kappa shape index (κ1) is 46.1. The number of alkyl halides is 4. The third kappa shape index (κ3) is 6.29. The van der Waals surface area contributed by atoms with Crippen molar-refractivity contribution in [1.29, 1.82) is 0 Å². The van der Waals surface area contributed by atoms with Gasteiger partial charge in [-0.3, -0.25) is 19.9 Å². The van der Waals surface area contributed by atoms with Gasteiger partial charge in [0.25, 0.3) is 11.8 Å². The predicted molar refractivity (Wildman–Crippen MR) is 323 cm³/mol. The highest BCUT2D eigenvalue weighted by Crippen LogP contribution is 2.59. The fourth-order valence-electron chi connectivity index (χ4n) is 14.0. The summed E-state index contributed by atoms with van der Waals surface area (Å²) >= 11 is 0. The standard InChI is InChI=1S/C71H40F4N8/c72-70(73)54-33-36(62-66-48(25-29-76-62)40-9-1-5-13-56(40)80-66)17-19-38(54)44-21-23-46(64-68-50(27-31-78-64)42-11-3-7-15-58(42)82-68)52(60(44)70)35-53-47(65-69-51(28-32-79-65)43-12-4-8-16-59(43)83-69)24-22-45-39-20-18-37(34-55(39)71(74,75)61(45)53)63-67-49(26-30-77-63)41-10-2-6-14-57(41)81-67/h1-34,80-83H,35H2. The van der Waals surface area contributed by atoms with E-state index in [0.717, 1.165) is 76.2 Å². The Kier molecular flexibility index (Phi) is 9.13. The molecule has 0 saturated heterocycles. The van der Waals surface area contributed by atoms with Crippen LogP contribution < -0.4 is 0 Å². The lowest BCUT2D eigenvalue weighted by molar-refractivity contribution is 0.0466. The smallest absolute Gasteiger partial charge is 0.299 e. The average molecular weight is 1080 g/mol. The summed E-state index contributed by atoms with van der Waals surface area (Å²) in [7, 11) is 0. The van der Waals surface area contributed by atoms with Gasteiger partial charge in [-0.1, -0.05) is 121 Å². The predicted octanol–water partition coefficient (Wildman–Crippen LogP) is 18.3. The largest absolute Gasteiger partial charge is 0.353 e. The molecule has 0 spiro atoms. The Hall–Kier alpha value is -10.7. The molecule has 8 heterocycles. The number of hydrogen-bond acceptors (Lipinski definition) is 4. The van der Waals surface area contributed by atoms with Gasteiger partial charge in [-0.05, 0) is 100 Å².